The molecular weight excluding hydrogens is 276 g/mol. The van der Waals surface area contributed by atoms with Gasteiger partial charge >= 0.3 is 0 Å². The maximum atomic E-state index is 11.8. The number of nitrogens with one attached hydrogen (secondary N) is 1. The number of furan rings is 1. The molecule has 1 amide bonds. The first-order chi connectivity index (χ1) is 9.63. The molecule has 0 bridgehead atoms. The predicted octanol–water partition coefficient (Wildman–Crippen LogP) is 1.86. The highest BCUT2D eigenvalue weighted by Crippen LogP contribution is 2.25. The lowest BCUT2D eigenvalue weighted by Crippen LogP contribution is -2.31. The second-order valence-corrected chi connectivity index (χ2v) is 5.44. The number of aromatic nitrogens is 3. The minimum Gasteiger partial charge on any atom is -0.461 e. The highest BCUT2D eigenvalue weighted by molar-refractivity contribution is 8.00. The van der Waals surface area contributed by atoms with Crippen molar-refractivity contribution >= 4 is 17.7 Å². The summed E-state index contributed by atoms with van der Waals surface area (Å²) >= 11 is 1.35. The normalized spacial score (nSPS) is 12.1. The molecule has 0 aliphatic rings. The van der Waals surface area contributed by atoms with Crippen molar-refractivity contribution in [2.24, 2.45) is 7.05 Å². The molecule has 1 atom stereocenters. The third kappa shape index (κ3) is 3.11. The second-order valence-electron chi connectivity index (χ2n) is 4.14. The third-order valence-electron chi connectivity index (χ3n) is 2.65. The molecule has 0 fully saturated rings. The first kappa shape index (κ1) is 14.4. The van der Waals surface area contributed by atoms with Crippen LogP contribution < -0.4 is 5.32 Å². The monoisotopic (exact) mass is 292 g/mol. The number of carbonyl (C=O) groups is 1. The van der Waals surface area contributed by atoms with Crippen LogP contribution in [-0.4, -0.2) is 32.5 Å². The van der Waals surface area contributed by atoms with Gasteiger partial charge in [-0.15, -0.1) is 16.8 Å². The van der Waals surface area contributed by atoms with Crippen LogP contribution in [0.3, 0.4) is 0 Å². The van der Waals surface area contributed by atoms with Crippen LogP contribution in [-0.2, 0) is 11.8 Å². The van der Waals surface area contributed by atoms with Crippen LogP contribution in [0.25, 0.3) is 11.6 Å². The van der Waals surface area contributed by atoms with Crippen molar-refractivity contribution in [3.05, 3.63) is 31.1 Å². The summed E-state index contributed by atoms with van der Waals surface area (Å²) < 4.78 is 7.10. The van der Waals surface area contributed by atoms with E-state index in [1.165, 1.54) is 11.8 Å². The zero-order chi connectivity index (χ0) is 14.5. The molecule has 0 saturated carbocycles. The summed E-state index contributed by atoms with van der Waals surface area (Å²) in [4.78, 5) is 11.8. The van der Waals surface area contributed by atoms with Gasteiger partial charge in [0.15, 0.2) is 16.7 Å². The molecule has 0 aliphatic carbocycles. The van der Waals surface area contributed by atoms with Crippen LogP contribution in [0.2, 0.25) is 0 Å². The number of carbonyl (C=O) groups excluding carboxylic acids is 1. The maximum absolute atomic E-state index is 11.8. The Morgan fingerprint density at radius 3 is 3.10 bits per heavy atom. The van der Waals surface area contributed by atoms with E-state index < -0.39 is 0 Å². The minimum atomic E-state index is -0.262. The molecule has 6 nitrogen and oxygen atoms in total. The molecule has 0 unspecified atom stereocenters. The van der Waals surface area contributed by atoms with Crippen LogP contribution in [0.15, 0.2) is 40.6 Å². The predicted molar refractivity (Wildman–Crippen MR) is 77.2 cm³/mol. The van der Waals surface area contributed by atoms with E-state index >= 15 is 0 Å². The van der Waals surface area contributed by atoms with Crippen LogP contribution >= 0.6 is 11.8 Å². The zero-order valence-electron chi connectivity index (χ0n) is 11.4. The van der Waals surface area contributed by atoms with Gasteiger partial charge in [-0.3, -0.25) is 4.79 Å². The smallest absolute Gasteiger partial charge is 0.233 e. The molecule has 2 aromatic rings. The Hall–Kier alpha value is -2.02. The number of hydrogen-bond donors (Lipinski definition) is 1. The topological polar surface area (TPSA) is 73.0 Å². The van der Waals surface area contributed by atoms with E-state index in [1.54, 1.807) is 23.0 Å². The Kier molecular flexibility index (Phi) is 4.62. The summed E-state index contributed by atoms with van der Waals surface area (Å²) in [6.07, 6.45) is 3.23. The summed E-state index contributed by atoms with van der Waals surface area (Å²) in [5, 5.41) is 11.3. The molecule has 0 saturated heterocycles. The first-order valence-corrected chi connectivity index (χ1v) is 7.00. The van der Waals surface area contributed by atoms with Crippen molar-refractivity contribution in [1.29, 1.82) is 0 Å². The Bertz CT molecular complexity index is 592. The molecule has 0 aromatic carbocycles. The molecule has 0 spiro atoms. The van der Waals surface area contributed by atoms with Crippen LogP contribution in [0, 0.1) is 0 Å². The maximum Gasteiger partial charge on any atom is 0.233 e. The summed E-state index contributed by atoms with van der Waals surface area (Å²) in [5.41, 5.74) is 0. The van der Waals surface area contributed by atoms with E-state index in [9.17, 15) is 4.79 Å². The zero-order valence-corrected chi connectivity index (χ0v) is 12.2. The van der Waals surface area contributed by atoms with Crippen molar-refractivity contribution in [1.82, 2.24) is 20.1 Å². The van der Waals surface area contributed by atoms with E-state index in [4.69, 9.17) is 4.42 Å². The van der Waals surface area contributed by atoms with Crippen molar-refractivity contribution in [3.8, 4) is 11.6 Å². The van der Waals surface area contributed by atoms with Crippen molar-refractivity contribution in [2.45, 2.75) is 17.3 Å². The number of rotatable bonds is 6. The number of nitrogens with zero attached hydrogens (tertiary/aromatic N) is 3. The molecule has 20 heavy (non-hydrogen) atoms. The molecule has 2 aromatic heterocycles. The van der Waals surface area contributed by atoms with Gasteiger partial charge in [-0.2, -0.15) is 0 Å². The largest absolute Gasteiger partial charge is 0.461 e. The fourth-order valence-corrected chi connectivity index (χ4v) is 2.41. The Morgan fingerprint density at radius 1 is 1.65 bits per heavy atom. The van der Waals surface area contributed by atoms with Crippen molar-refractivity contribution in [3.63, 3.8) is 0 Å². The van der Waals surface area contributed by atoms with Gasteiger partial charge in [0, 0.05) is 13.6 Å². The summed E-state index contributed by atoms with van der Waals surface area (Å²) in [6.45, 7) is 5.85. The third-order valence-corrected chi connectivity index (χ3v) is 3.78. The summed E-state index contributed by atoms with van der Waals surface area (Å²) in [6, 6.07) is 3.61. The Morgan fingerprint density at radius 2 is 2.45 bits per heavy atom. The van der Waals surface area contributed by atoms with Gasteiger partial charge in [-0.25, -0.2) is 0 Å². The van der Waals surface area contributed by atoms with Crippen molar-refractivity contribution < 1.29 is 9.21 Å². The Balaban J connectivity index is 2.07. The van der Waals surface area contributed by atoms with Crippen LogP contribution in [0.1, 0.15) is 6.92 Å². The Labute approximate surface area is 121 Å². The second kappa shape index (κ2) is 6.42. The lowest BCUT2D eigenvalue weighted by molar-refractivity contribution is -0.120. The van der Waals surface area contributed by atoms with Gasteiger partial charge in [-0.05, 0) is 19.1 Å². The fourth-order valence-electron chi connectivity index (χ4n) is 1.57. The molecular formula is C13H16N4O2S. The van der Waals surface area contributed by atoms with E-state index in [0.29, 0.717) is 23.3 Å². The van der Waals surface area contributed by atoms with E-state index in [1.807, 2.05) is 20.0 Å². The molecule has 0 radical (unpaired) electrons. The highest BCUT2D eigenvalue weighted by atomic mass is 32.2. The highest BCUT2D eigenvalue weighted by Gasteiger charge is 2.19. The fraction of sp³-hybridized carbons (Fsp3) is 0.308. The quantitative estimate of drug-likeness (QED) is 0.650. The van der Waals surface area contributed by atoms with Gasteiger partial charge in [0.1, 0.15) is 0 Å². The van der Waals surface area contributed by atoms with E-state index in [2.05, 4.69) is 22.1 Å². The minimum absolute atomic E-state index is 0.0579. The van der Waals surface area contributed by atoms with Crippen molar-refractivity contribution in [2.75, 3.05) is 6.54 Å². The standard InChI is InChI=1S/C13H16N4O2S/c1-4-7-14-12(18)9(2)20-13-16-15-11(17(13)3)10-6-5-8-19-10/h4-6,8-9H,1,7H2,2-3H3,(H,14,18)/t9-/m1/s1. The number of thioether (sulfide) groups is 1. The average Bonchev–Trinajstić information content (AvgIpc) is 3.07. The molecule has 0 aliphatic heterocycles. The number of hydrogen-bond acceptors (Lipinski definition) is 5. The molecule has 2 rings (SSSR count). The van der Waals surface area contributed by atoms with Crippen LogP contribution in [0.4, 0.5) is 0 Å². The van der Waals surface area contributed by atoms with Gasteiger partial charge in [0.05, 0.1) is 11.5 Å². The summed E-state index contributed by atoms with van der Waals surface area (Å²) in [5.74, 6) is 1.23. The van der Waals surface area contributed by atoms with E-state index in [-0.39, 0.29) is 11.2 Å². The summed E-state index contributed by atoms with van der Waals surface area (Å²) in [7, 11) is 1.84. The first-order valence-electron chi connectivity index (χ1n) is 6.12. The van der Waals surface area contributed by atoms with E-state index in [0.717, 1.165) is 0 Å². The van der Waals surface area contributed by atoms with Gasteiger partial charge in [0.25, 0.3) is 0 Å². The SMILES string of the molecule is C=CCNC(=O)[C@@H](C)Sc1nnc(-c2ccco2)n1C. The molecule has 1 N–H and O–H groups in total. The molecule has 106 valence electrons. The van der Waals surface area contributed by atoms with Gasteiger partial charge in [-0.1, -0.05) is 17.8 Å². The molecule has 2 heterocycles. The van der Waals surface area contributed by atoms with Gasteiger partial charge < -0.3 is 14.3 Å². The van der Waals surface area contributed by atoms with Crippen LogP contribution in [0.5, 0.6) is 0 Å². The average molecular weight is 292 g/mol. The lowest BCUT2D eigenvalue weighted by atomic mass is 10.4. The number of amides is 1. The lowest BCUT2D eigenvalue weighted by Gasteiger charge is -2.10. The van der Waals surface area contributed by atoms with Gasteiger partial charge in [0.2, 0.25) is 5.91 Å². The molecule has 7 heteroatoms.